The molecule has 2 aromatic carbocycles. The van der Waals surface area contributed by atoms with E-state index in [9.17, 15) is 14.0 Å². The van der Waals surface area contributed by atoms with E-state index in [2.05, 4.69) is 10.9 Å². The maximum Gasteiger partial charge on any atom is 0.276 e. The Morgan fingerprint density at radius 2 is 1.65 bits per heavy atom. The average molecular weight is 360 g/mol. The van der Waals surface area contributed by atoms with Crippen LogP contribution in [0.2, 0.25) is 0 Å². The summed E-state index contributed by atoms with van der Waals surface area (Å²) in [6.45, 7) is 2.04. The van der Waals surface area contributed by atoms with Gasteiger partial charge < -0.3 is 9.47 Å². The van der Waals surface area contributed by atoms with Gasteiger partial charge in [-0.3, -0.25) is 20.4 Å². The lowest BCUT2D eigenvalue weighted by molar-refractivity contribution is -0.130. The second-order valence-electron chi connectivity index (χ2n) is 5.61. The zero-order valence-electron chi connectivity index (χ0n) is 14.5. The predicted octanol–water partition coefficient (Wildman–Crippen LogP) is 2.52. The topological polar surface area (TPSA) is 76.7 Å². The molecule has 138 valence electrons. The average Bonchev–Trinajstić information content (AvgIpc) is 2.62. The highest BCUT2D eigenvalue weighted by molar-refractivity contribution is 5.82. The van der Waals surface area contributed by atoms with Crippen LogP contribution < -0.4 is 20.3 Å². The summed E-state index contributed by atoms with van der Waals surface area (Å²) in [5.41, 5.74) is 5.63. The zero-order valence-corrected chi connectivity index (χ0v) is 14.5. The largest absolute Gasteiger partial charge is 0.494 e. The van der Waals surface area contributed by atoms with Gasteiger partial charge in [-0.25, -0.2) is 4.39 Å². The van der Waals surface area contributed by atoms with Gasteiger partial charge in [-0.1, -0.05) is 18.2 Å². The lowest BCUT2D eigenvalue weighted by atomic mass is 10.2. The molecule has 0 aliphatic rings. The van der Waals surface area contributed by atoms with Gasteiger partial charge in [0, 0.05) is 12.5 Å². The summed E-state index contributed by atoms with van der Waals surface area (Å²) in [5.74, 6) is -0.340. The molecule has 0 aliphatic carbocycles. The summed E-state index contributed by atoms with van der Waals surface area (Å²) >= 11 is 0. The third-order valence-corrected chi connectivity index (χ3v) is 3.31. The van der Waals surface area contributed by atoms with Crippen molar-refractivity contribution in [2.75, 3.05) is 13.2 Å². The number of amides is 2. The van der Waals surface area contributed by atoms with E-state index < -0.39 is 11.7 Å². The van der Waals surface area contributed by atoms with Gasteiger partial charge in [-0.15, -0.1) is 0 Å². The van der Waals surface area contributed by atoms with Crippen molar-refractivity contribution in [1.82, 2.24) is 10.9 Å². The highest BCUT2D eigenvalue weighted by atomic mass is 19.1. The first-order valence-electron chi connectivity index (χ1n) is 8.18. The van der Waals surface area contributed by atoms with Crippen molar-refractivity contribution in [3.05, 3.63) is 59.9 Å². The molecule has 0 aliphatic heterocycles. The van der Waals surface area contributed by atoms with Gasteiger partial charge in [0.2, 0.25) is 5.91 Å². The number of carbonyl (C=O) groups is 2. The third-order valence-electron chi connectivity index (χ3n) is 3.31. The number of ether oxygens (including phenoxy) is 2. The second-order valence-corrected chi connectivity index (χ2v) is 5.61. The van der Waals surface area contributed by atoms with Crippen molar-refractivity contribution in [3.8, 4) is 11.5 Å². The molecule has 0 bridgehead atoms. The Hall–Kier alpha value is -3.09. The van der Waals surface area contributed by atoms with Gasteiger partial charge in [0.05, 0.1) is 6.61 Å². The van der Waals surface area contributed by atoms with Crippen LogP contribution in [0.15, 0.2) is 48.5 Å². The predicted molar refractivity (Wildman–Crippen MR) is 94.1 cm³/mol. The van der Waals surface area contributed by atoms with Crippen molar-refractivity contribution in [1.29, 1.82) is 0 Å². The second kappa shape index (κ2) is 10.0. The molecule has 0 aromatic heterocycles. The lowest BCUT2D eigenvalue weighted by Gasteiger charge is -2.09. The van der Waals surface area contributed by atoms with Gasteiger partial charge in [-0.05, 0) is 43.2 Å². The first kappa shape index (κ1) is 19.2. The van der Waals surface area contributed by atoms with Crippen LogP contribution in [-0.2, 0) is 9.59 Å². The summed E-state index contributed by atoms with van der Waals surface area (Å²) in [6.07, 6.45) is 0.715. The molecule has 7 heteroatoms. The Morgan fingerprint density at radius 3 is 2.38 bits per heavy atom. The van der Waals surface area contributed by atoms with Gasteiger partial charge in [0.1, 0.15) is 17.3 Å². The molecule has 0 spiro atoms. The van der Waals surface area contributed by atoms with Gasteiger partial charge in [-0.2, -0.15) is 0 Å². The van der Waals surface area contributed by atoms with Crippen molar-refractivity contribution >= 4 is 11.8 Å². The lowest BCUT2D eigenvalue weighted by Crippen LogP contribution is -2.43. The van der Waals surface area contributed by atoms with Crippen molar-refractivity contribution < 1.29 is 23.5 Å². The summed E-state index contributed by atoms with van der Waals surface area (Å²) in [4.78, 5) is 23.2. The fraction of sp³-hybridized carbons (Fsp3) is 0.263. The first-order valence-corrected chi connectivity index (χ1v) is 8.18. The fourth-order valence-electron chi connectivity index (χ4n) is 2.07. The molecule has 0 fully saturated rings. The molecule has 0 atom stereocenters. The highest BCUT2D eigenvalue weighted by Crippen LogP contribution is 2.13. The van der Waals surface area contributed by atoms with Crippen molar-refractivity contribution in [2.24, 2.45) is 0 Å². The molecule has 0 radical (unpaired) electrons. The van der Waals surface area contributed by atoms with E-state index in [1.165, 1.54) is 24.3 Å². The Morgan fingerprint density at radius 1 is 0.962 bits per heavy atom. The van der Waals surface area contributed by atoms with E-state index in [4.69, 9.17) is 9.47 Å². The number of hydrazine groups is 1. The van der Waals surface area contributed by atoms with E-state index in [1.54, 1.807) is 0 Å². The van der Waals surface area contributed by atoms with E-state index in [1.807, 2.05) is 31.2 Å². The standard InChI is InChI=1S/C19H21FN2O4/c1-14-5-2-7-16(11-14)25-10-4-9-18(23)21-22-19(24)13-26-17-8-3-6-15(20)12-17/h2-3,5-8,11-12H,4,9-10,13H2,1H3,(H,21,23)(H,22,24). The van der Waals surface area contributed by atoms with Crippen LogP contribution in [0.25, 0.3) is 0 Å². The maximum absolute atomic E-state index is 13.0. The Balaban J connectivity index is 1.57. The molecule has 2 amide bonds. The molecule has 2 rings (SSSR count). The smallest absolute Gasteiger partial charge is 0.276 e. The highest BCUT2D eigenvalue weighted by Gasteiger charge is 2.06. The Labute approximate surface area is 151 Å². The number of aryl methyl sites for hydroxylation is 1. The normalized spacial score (nSPS) is 10.1. The van der Waals surface area contributed by atoms with Gasteiger partial charge >= 0.3 is 0 Å². The van der Waals surface area contributed by atoms with Crippen LogP contribution in [0, 0.1) is 12.7 Å². The zero-order chi connectivity index (χ0) is 18.8. The molecule has 0 saturated carbocycles. The van der Waals surface area contributed by atoms with E-state index in [0.29, 0.717) is 13.0 Å². The Kier molecular flexibility index (Phi) is 7.42. The fourth-order valence-corrected chi connectivity index (χ4v) is 2.07. The molecule has 2 aromatic rings. The number of carbonyl (C=O) groups excluding carboxylic acids is 2. The SMILES string of the molecule is Cc1cccc(OCCCC(=O)NNC(=O)COc2cccc(F)c2)c1. The minimum atomic E-state index is -0.543. The quantitative estimate of drug-likeness (QED) is 0.560. The van der Waals surface area contributed by atoms with Gasteiger partial charge in [0.15, 0.2) is 6.61 Å². The molecule has 0 heterocycles. The van der Waals surface area contributed by atoms with Crippen molar-refractivity contribution in [2.45, 2.75) is 19.8 Å². The number of hydrogen-bond donors (Lipinski definition) is 2. The summed E-state index contributed by atoms with van der Waals surface area (Å²) in [5, 5.41) is 0. The third kappa shape index (κ3) is 7.21. The molecule has 26 heavy (non-hydrogen) atoms. The number of hydrogen-bond acceptors (Lipinski definition) is 4. The minimum Gasteiger partial charge on any atom is -0.494 e. The van der Waals surface area contributed by atoms with E-state index in [0.717, 1.165) is 11.3 Å². The minimum absolute atomic E-state index is 0.205. The first-order chi connectivity index (χ1) is 12.5. The van der Waals surface area contributed by atoms with Crippen LogP contribution in [0.4, 0.5) is 4.39 Å². The number of benzene rings is 2. The monoisotopic (exact) mass is 360 g/mol. The summed E-state index contributed by atoms with van der Waals surface area (Å²) in [7, 11) is 0. The van der Waals surface area contributed by atoms with Crippen LogP contribution in [-0.4, -0.2) is 25.0 Å². The van der Waals surface area contributed by atoms with E-state index >= 15 is 0 Å². The molecule has 0 unspecified atom stereocenters. The molecule has 2 N–H and O–H groups in total. The van der Waals surface area contributed by atoms with Crippen LogP contribution in [0.3, 0.4) is 0 Å². The summed E-state index contributed by atoms with van der Waals surface area (Å²) < 4.78 is 23.6. The van der Waals surface area contributed by atoms with E-state index in [-0.39, 0.29) is 24.7 Å². The Bertz CT molecular complexity index is 752. The maximum atomic E-state index is 13.0. The van der Waals surface area contributed by atoms with Gasteiger partial charge in [0.25, 0.3) is 5.91 Å². The van der Waals surface area contributed by atoms with Crippen LogP contribution in [0.5, 0.6) is 11.5 Å². The molecule has 0 saturated heterocycles. The molecular weight excluding hydrogens is 339 g/mol. The molecule has 6 nitrogen and oxygen atoms in total. The summed E-state index contributed by atoms with van der Waals surface area (Å²) in [6, 6.07) is 13.1. The van der Waals surface area contributed by atoms with Crippen molar-refractivity contribution in [3.63, 3.8) is 0 Å². The van der Waals surface area contributed by atoms with Crippen LogP contribution in [0.1, 0.15) is 18.4 Å². The number of nitrogens with one attached hydrogen (secondary N) is 2. The molecular formula is C19H21FN2O4. The number of rotatable bonds is 8. The van der Waals surface area contributed by atoms with Crippen LogP contribution >= 0.6 is 0 Å². The number of halogens is 1.